The lowest BCUT2D eigenvalue weighted by Gasteiger charge is -2.36. The largest absolute Gasteiger partial charge is 0.493 e. The van der Waals surface area contributed by atoms with E-state index in [-0.39, 0.29) is 17.9 Å². The fourth-order valence-electron chi connectivity index (χ4n) is 4.22. The van der Waals surface area contributed by atoms with Crippen molar-refractivity contribution in [3.05, 3.63) is 64.2 Å². The number of pyridine rings is 1. The lowest BCUT2D eigenvalue weighted by molar-refractivity contribution is -0.133. The van der Waals surface area contributed by atoms with Crippen LogP contribution >= 0.6 is 0 Å². The number of carboxylic acid groups (broad SMARTS) is 1. The van der Waals surface area contributed by atoms with Crippen LogP contribution in [0.2, 0.25) is 0 Å². The van der Waals surface area contributed by atoms with Gasteiger partial charge >= 0.3 is 5.97 Å². The third-order valence-corrected chi connectivity index (χ3v) is 6.11. The maximum Gasteiger partial charge on any atom is 0.341 e. The number of aromatic nitrogens is 1. The normalized spacial score (nSPS) is 13.7. The zero-order valence-corrected chi connectivity index (χ0v) is 19.5. The van der Waals surface area contributed by atoms with Crippen molar-refractivity contribution < 1.29 is 28.6 Å². The molecule has 0 radical (unpaired) electrons. The van der Waals surface area contributed by atoms with Crippen LogP contribution in [0.4, 0.5) is 10.1 Å². The molecule has 184 valence electrons. The Hall–Kier alpha value is -4.08. The van der Waals surface area contributed by atoms with E-state index in [9.17, 15) is 19.5 Å². The number of hydrogen-bond donors (Lipinski definition) is 1. The van der Waals surface area contributed by atoms with Crippen LogP contribution in [0.25, 0.3) is 10.9 Å². The van der Waals surface area contributed by atoms with Crippen LogP contribution in [0.5, 0.6) is 11.5 Å². The van der Waals surface area contributed by atoms with E-state index in [1.54, 1.807) is 33.7 Å². The van der Waals surface area contributed by atoms with Crippen LogP contribution in [0, 0.1) is 5.82 Å². The monoisotopic (exact) mass is 483 g/mol. The number of hydrogen-bond acceptors (Lipinski definition) is 6. The number of nitrogens with zero attached hydrogens (tertiary/aromatic N) is 3. The summed E-state index contributed by atoms with van der Waals surface area (Å²) in [6.45, 7) is 3.64. The number of methoxy groups -OCH3 is 1. The number of carboxylic acids is 1. The summed E-state index contributed by atoms with van der Waals surface area (Å²) >= 11 is 0. The van der Waals surface area contributed by atoms with Crippen LogP contribution in [0.3, 0.4) is 0 Å². The SMILES string of the molecule is CCn1cc(C(=O)O)c(=O)c2cc(F)c(N3CCN(C(=O)COc4ccccc4OC)CC3)cc21. The van der Waals surface area contributed by atoms with Crippen molar-refractivity contribution in [2.75, 3.05) is 44.8 Å². The number of amides is 1. The van der Waals surface area contributed by atoms with E-state index in [1.165, 1.54) is 13.3 Å². The predicted octanol–water partition coefficient (Wildman–Crippen LogP) is 2.59. The highest BCUT2D eigenvalue weighted by Crippen LogP contribution is 2.27. The van der Waals surface area contributed by atoms with Crippen LogP contribution < -0.4 is 19.8 Å². The quantitative estimate of drug-likeness (QED) is 0.551. The molecule has 0 aliphatic carbocycles. The van der Waals surface area contributed by atoms with Gasteiger partial charge in [-0.15, -0.1) is 0 Å². The zero-order chi connectivity index (χ0) is 25.1. The number of carbonyl (C=O) groups excluding carboxylic acids is 1. The molecule has 0 bridgehead atoms. The smallest absolute Gasteiger partial charge is 0.341 e. The lowest BCUT2D eigenvalue weighted by atomic mass is 10.1. The summed E-state index contributed by atoms with van der Waals surface area (Å²) in [5.41, 5.74) is -0.343. The number of aromatic carboxylic acids is 1. The van der Waals surface area contributed by atoms with Gasteiger partial charge in [-0.1, -0.05) is 12.1 Å². The second-order valence-electron chi connectivity index (χ2n) is 8.09. The minimum atomic E-state index is -1.35. The van der Waals surface area contributed by atoms with Crippen molar-refractivity contribution in [2.24, 2.45) is 0 Å². The first-order chi connectivity index (χ1) is 16.8. The van der Waals surface area contributed by atoms with Crippen LogP contribution in [-0.2, 0) is 11.3 Å². The van der Waals surface area contributed by atoms with Crippen molar-refractivity contribution >= 4 is 28.5 Å². The van der Waals surface area contributed by atoms with Crippen LogP contribution in [0.1, 0.15) is 17.3 Å². The number of piperazine rings is 1. The number of benzene rings is 2. The topological polar surface area (TPSA) is 101 Å². The molecule has 4 rings (SSSR count). The van der Waals surface area contributed by atoms with Gasteiger partial charge in [0.2, 0.25) is 5.43 Å². The summed E-state index contributed by atoms with van der Waals surface area (Å²) in [7, 11) is 1.53. The Morgan fingerprint density at radius 1 is 1.09 bits per heavy atom. The Morgan fingerprint density at radius 2 is 1.77 bits per heavy atom. The second-order valence-corrected chi connectivity index (χ2v) is 8.09. The van der Waals surface area contributed by atoms with E-state index in [2.05, 4.69) is 0 Å². The molecular formula is C25H26FN3O6. The van der Waals surface area contributed by atoms with Gasteiger partial charge in [0.25, 0.3) is 5.91 Å². The molecule has 2 aromatic carbocycles. The summed E-state index contributed by atoms with van der Waals surface area (Å²) < 4.78 is 27.5. The summed E-state index contributed by atoms with van der Waals surface area (Å²) in [6.07, 6.45) is 1.28. The van der Waals surface area contributed by atoms with Gasteiger partial charge < -0.3 is 28.9 Å². The van der Waals surface area contributed by atoms with Gasteiger partial charge in [-0.25, -0.2) is 9.18 Å². The molecule has 0 saturated carbocycles. The highest BCUT2D eigenvalue weighted by molar-refractivity contribution is 5.93. The first-order valence-electron chi connectivity index (χ1n) is 11.2. The average Bonchev–Trinajstić information content (AvgIpc) is 2.87. The van der Waals surface area contributed by atoms with E-state index in [0.29, 0.717) is 55.4 Å². The van der Waals surface area contributed by atoms with Crippen molar-refractivity contribution in [3.63, 3.8) is 0 Å². The number of anilines is 1. The third-order valence-electron chi connectivity index (χ3n) is 6.11. The van der Waals surface area contributed by atoms with Gasteiger partial charge in [-0.3, -0.25) is 9.59 Å². The molecule has 3 aromatic rings. The Labute approximate surface area is 200 Å². The van der Waals surface area contributed by atoms with Crippen molar-refractivity contribution in [2.45, 2.75) is 13.5 Å². The first kappa shape index (κ1) is 24.1. The standard InChI is InChI=1S/C25H26FN3O6/c1-3-27-14-17(25(32)33)24(31)16-12-18(26)20(13-19(16)27)28-8-10-29(11-9-28)23(30)15-35-22-7-5-4-6-21(22)34-2/h4-7,12-14H,3,8-11,15H2,1-2H3,(H,32,33). The molecule has 1 aliphatic heterocycles. The molecule has 0 atom stereocenters. The van der Waals surface area contributed by atoms with E-state index < -0.39 is 22.8 Å². The second kappa shape index (κ2) is 10.0. The first-order valence-corrected chi connectivity index (χ1v) is 11.2. The Balaban J connectivity index is 1.48. The lowest BCUT2D eigenvalue weighted by Crippen LogP contribution is -2.50. The maximum absolute atomic E-state index is 15.0. The number of ether oxygens (including phenoxy) is 2. The molecule has 1 saturated heterocycles. The predicted molar refractivity (Wildman–Crippen MR) is 128 cm³/mol. The minimum Gasteiger partial charge on any atom is -0.493 e. The summed E-state index contributed by atoms with van der Waals surface area (Å²) in [5.74, 6) is -1.13. The maximum atomic E-state index is 15.0. The molecule has 1 N–H and O–H groups in total. The van der Waals surface area contributed by atoms with Gasteiger partial charge in [0, 0.05) is 44.3 Å². The molecule has 1 fully saturated rings. The Bertz CT molecular complexity index is 1330. The third kappa shape index (κ3) is 4.77. The molecule has 35 heavy (non-hydrogen) atoms. The van der Waals surface area contributed by atoms with Crippen LogP contribution in [0.15, 0.2) is 47.4 Å². The minimum absolute atomic E-state index is 0.0234. The Kier molecular flexibility index (Phi) is 6.90. The van der Waals surface area contributed by atoms with Crippen LogP contribution in [-0.4, -0.2) is 66.3 Å². The molecule has 9 nitrogen and oxygen atoms in total. The van der Waals surface area contributed by atoms with Crippen molar-refractivity contribution in [3.8, 4) is 11.5 Å². The number of rotatable bonds is 7. The molecule has 1 aromatic heterocycles. The highest BCUT2D eigenvalue weighted by Gasteiger charge is 2.25. The zero-order valence-electron chi connectivity index (χ0n) is 19.5. The Morgan fingerprint density at radius 3 is 2.40 bits per heavy atom. The average molecular weight is 483 g/mol. The number of halogens is 1. The highest BCUT2D eigenvalue weighted by atomic mass is 19.1. The molecule has 2 heterocycles. The van der Waals surface area contributed by atoms with E-state index in [4.69, 9.17) is 9.47 Å². The fourth-order valence-corrected chi connectivity index (χ4v) is 4.22. The van der Waals surface area contributed by atoms with Crippen molar-refractivity contribution in [1.29, 1.82) is 0 Å². The molecular weight excluding hydrogens is 457 g/mol. The number of fused-ring (bicyclic) bond motifs is 1. The summed E-state index contributed by atoms with van der Waals surface area (Å²) in [6, 6.07) is 9.75. The number of para-hydroxylation sites is 2. The van der Waals surface area contributed by atoms with Gasteiger partial charge in [0.05, 0.1) is 18.3 Å². The van der Waals surface area contributed by atoms with Crippen molar-refractivity contribution in [1.82, 2.24) is 9.47 Å². The number of aryl methyl sites for hydroxylation is 1. The molecule has 0 unspecified atom stereocenters. The van der Waals surface area contributed by atoms with Gasteiger partial charge in [-0.2, -0.15) is 0 Å². The van der Waals surface area contributed by atoms with E-state index >= 15 is 4.39 Å². The van der Waals surface area contributed by atoms with Gasteiger partial charge in [-0.05, 0) is 31.2 Å². The van der Waals surface area contributed by atoms with E-state index in [0.717, 1.165) is 6.07 Å². The fraction of sp³-hybridized carbons (Fsp3) is 0.320. The van der Waals surface area contributed by atoms with Gasteiger partial charge in [0.15, 0.2) is 18.1 Å². The molecule has 1 aliphatic rings. The van der Waals surface area contributed by atoms with Gasteiger partial charge in [0.1, 0.15) is 11.4 Å². The van der Waals surface area contributed by atoms with E-state index in [1.807, 2.05) is 17.9 Å². The number of carbonyl (C=O) groups is 2. The summed E-state index contributed by atoms with van der Waals surface area (Å²) in [5, 5.41) is 9.33. The molecule has 10 heteroatoms. The molecule has 0 spiro atoms. The molecule has 1 amide bonds. The summed E-state index contributed by atoms with van der Waals surface area (Å²) in [4.78, 5) is 40.1.